The summed E-state index contributed by atoms with van der Waals surface area (Å²) in [5, 5.41) is 4.50. The number of fused-ring (bicyclic) bond motifs is 1. The molecule has 0 bridgehead atoms. The molecule has 6 heteroatoms. The highest BCUT2D eigenvalue weighted by molar-refractivity contribution is 5.77. The number of hydrogen-bond acceptors (Lipinski definition) is 4. The minimum absolute atomic E-state index is 0.600. The van der Waals surface area contributed by atoms with Gasteiger partial charge in [0.2, 0.25) is 5.95 Å². The number of rotatable bonds is 6. The third-order valence-electron chi connectivity index (χ3n) is 3.39. The molecule has 2 rings (SSSR count). The van der Waals surface area contributed by atoms with Crippen LogP contribution in [0.5, 0.6) is 0 Å². The van der Waals surface area contributed by atoms with Crippen LogP contribution in [0, 0.1) is 0 Å². The molecular formula is C13H24N6. The van der Waals surface area contributed by atoms with Gasteiger partial charge < -0.3 is 10.6 Å². The molecule has 0 aliphatic rings. The molecule has 6 nitrogen and oxygen atoms in total. The van der Waals surface area contributed by atoms with Crippen LogP contribution < -0.4 is 5.73 Å². The second-order valence-electron chi connectivity index (χ2n) is 5.23. The van der Waals surface area contributed by atoms with Crippen LogP contribution in [0.2, 0.25) is 0 Å². The lowest BCUT2D eigenvalue weighted by Gasteiger charge is -2.10. The molecule has 106 valence electrons. The molecule has 0 spiro atoms. The summed E-state index contributed by atoms with van der Waals surface area (Å²) in [6.07, 6.45) is 3.14. The van der Waals surface area contributed by atoms with E-state index in [2.05, 4.69) is 40.6 Å². The van der Waals surface area contributed by atoms with Gasteiger partial charge in [0.25, 0.3) is 0 Å². The first-order valence-corrected chi connectivity index (χ1v) is 6.87. The van der Waals surface area contributed by atoms with Gasteiger partial charge >= 0.3 is 0 Å². The fraction of sp³-hybridized carbons (Fsp3) is 0.692. The van der Waals surface area contributed by atoms with Gasteiger partial charge in [-0.2, -0.15) is 5.10 Å². The number of hydrogen-bond donors (Lipinski definition) is 1. The molecule has 0 saturated heterocycles. The number of anilines is 1. The second-order valence-corrected chi connectivity index (χ2v) is 5.23. The van der Waals surface area contributed by atoms with Gasteiger partial charge in [-0.05, 0) is 39.9 Å². The van der Waals surface area contributed by atoms with E-state index in [1.54, 1.807) is 0 Å². The fourth-order valence-corrected chi connectivity index (χ4v) is 2.42. The summed E-state index contributed by atoms with van der Waals surface area (Å²) in [5.41, 5.74) is 9.05. The number of nitrogens with zero attached hydrogens (tertiary/aromatic N) is 5. The molecule has 0 radical (unpaired) electrons. The molecule has 2 aromatic rings. The maximum absolute atomic E-state index is 6.03. The number of aromatic nitrogens is 4. The van der Waals surface area contributed by atoms with E-state index in [9.17, 15) is 0 Å². The maximum atomic E-state index is 6.03. The van der Waals surface area contributed by atoms with E-state index >= 15 is 0 Å². The summed E-state index contributed by atoms with van der Waals surface area (Å²) >= 11 is 0. The van der Waals surface area contributed by atoms with Crippen LogP contribution in [0.1, 0.15) is 25.5 Å². The van der Waals surface area contributed by atoms with Crippen molar-refractivity contribution in [3.63, 3.8) is 0 Å². The van der Waals surface area contributed by atoms with Gasteiger partial charge in [0.05, 0.1) is 5.69 Å². The van der Waals surface area contributed by atoms with Crippen molar-refractivity contribution in [2.24, 2.45) is 7.05 Å². The third kappa shape index (κ3) is 2.73. The topological polar surface area (TPSA) is 64.9 Å². The second kappa shape index (κ2) is 5.61. The molecule has 0 saturated carbocycles. The molecule has 0 aliphatic carbocycles. The van der Waals surface area contributed by atoms with Crippen molar-refractivity contribution in [1.82, 2.24) is 24.2 Å². The molecule has 0 fully saturated rings. The van der Waals surface area contributed by atoms with Crippen molar-refractivity contribution in [3.8, 4) is 0 Å². The van der Waals surface area contributed by atoms with E-state index in [4.69, 9.17) is 5.73 Å². The largest absolute Gasteiger partial charge is 0.369 e. The summed E-state index contributed by atoms with van der Waals surface area (Å²) < 4.78 is 3.97. The molecule has 19 heavy (non-hydrogen) atoms. The van der Waals surface area contributed by atoms with Crippen LogP contribution >= 0.6 is 0 Å². The van der Waals surface area contributed by atoms with Crippen molar-refractivity contribution in [1.29, 1.82) is 0 Å². The Kier molecular flexibility index (Phi) is 4.09. The summed E-state index contributed by atoms with van der Waals surface area (Å²) in [6, 6.07) is 0. The minimum Gasteiger partial charge on any atom is -0.369 e. The average Bonchev–Trinajstić information content (AvgIpc) is 2.83. The average molecular weight is 264 g/mol. The van der Waals surface area contributed by atoms with Gasteiger partial charge in [0.15, 0.2) is 5.65 Å². The first-order valence-electron chi connectivity index (χ1n) is 6.87. The molecule has 2 N–H and O–H groups in total. The van der Waals surface area contributed by atoms with Crippen LogP contribution in [0.25, 0.3) is 11.2 Å². The van der Waals surface area contributed by atoms with Crippen LogP contribution in [0.3, 0.4) is 0 Å². The molecular weight excluding hydrogens is 240 g/mol. The van der Waals surface area contributed by atoms with E-state index in [-0.39, 0.29) is 0 Å². The number of imidazole rings is 1. The summed E-state index contributed by atoms with van der Waals surface area (Å²) in [6.45, 7) is 4.09. The molecule has 2 aromatic heterocycles. The Morgan fingerprint density at radius 1 is 1.26 bits per heavy atom. The standard InChI is InChI=1S/C13H24N6/c1-5-10-11-12(18(4)16-10)19(13(14)15-11)9-7-6-8-17(2)3/h5-9H2,1-4H3,(H2,14,15). The fourth-order valence-electron chi connectivity index (χ4n) is 2.42. The number of aryl methyl sites for hydroxylation is 3. The van der Waals surface area contributed by atoms with E-state index in [0.29, 0.717) is 5.95 Å². The number of unbranched alkanes of at least 4 members (excludes halogenated alkanes) is 1. The van der Waals surface area contributed by atoms with Gasteiger partial charge in [-0.3, -0.25) is 9.25 Å². The number of nitrogens with two attached hydrogens (primary N) is 1. The Morgan fingerprint density at radius 3 is 2.63 bits per heavy atom. The molecule has 0 aliphatic heterocycles. The van der Waals surface area contributed by atoms with E-state index in [1.807, 2.05) is 11.7 Å². The minimum atomic E-state index is 0.600. The third-order valence-corrected chi connectivity index (χ3v) is 3.39. The Labute approximate surface area is 114 Å². The van der Waals surface area contributed by atoms with Gasteiger partial charge in [-0.1, -0.05) is 6.92 Å². The van der Waals surface area contributed by atoms with Gasteiger partial charge in [0, 0.05) is 13.6 Å². The van der Waals surface area contributed by atoms with E-state index < -0.39 is 0 Å². The van der Waals surface area contributed by atoms with Crippen molar-refractivity contribution in [2.45, 2.75) is 32.7 Å². The van der Waals surface area contributed by atoms with Crippen molar-refractivity contribution < 1.29 is 0 Å². The monoisotopic (exact) mass is 264 g/mol. The highest BCUT2D eigenvalue weighted by atomic mass is 15.3. The van der Waals surface area contributed by atoms with Gasteiger partial charge in [0.1, 0.15) is 5.52 Å². The SMILES string of the molecule is CCc1nn(C)c2c1nc(N)n2CCCCN(C)C. The Hall–Kier alpha value is -1.56. The lowest BCUT2D eigenvalue weighted by molar-refractivity contribution is 0.388. The summed E-state index contributed by atoms with van der Waals surface area (Å²) in [4.78, 5) is 6.67. The van der Waals surface area contributed by atoms with Crippen LogP contribution in [-0.2, 0) is 20.0 Å². The normalized spacial score (nSPS) is 11.8. The molecule has 2 heterocycles. The van der Waals surface area contributed by atoms with Crippen LogP contribution in [0.4, 0.5) is 5.95 Å². The van der Waals surface area contributed by atoms with Crippen molar-refractivity contribution >= 4 is 17.1 Å². The van der Waals surface area contributed by atoms with E-state index in [1.165, 1.54) is 0 Å². The molecule has 0 atom stereocenters. The molecule has 0 unspecified atom stereocenters. The first-order chi connectivity index (χ1) is 9.04. The smallest absolute Gasteiger partial charge is 0.202 e. The predicted octanol–water partition coefficient (Wildman–Crippen LogP) is 1.26. The van der Waals surface area contributed by atoms with E-state index in [0.717, 1.165) is 49.2 Å². The van der Waals surface area contributed by atoms with Gasteiger partial charge in [-0.15, -0.1) is 0 Å². The van der Waals surface area contributed by atoms with Crippen LogP contribution in [0.15, 0.2) is 0 Å². The maximum Gasteiger partial charge on any atom is 0.202 e. The Balaban J connectivity index is 2.18. The summed E-state index contributed by atoms with van der Waals surface area (Å²) in [5.74, 6) is 0.600. The Morgan fingerprint density at radius 2 is 2.00 bits per heavy atom. The molecule has 0 amide bonds. The zero-order valence-corrected chi connectivity index (χ0v) is 12.3. The highest BCUT2D eigenvalue weighted by Crippen LogP contribution is 2.21. The quantitative estimate of drug-likeness (QED) is 0.798. The van der Waals surface area contributed by atoms with Gasteiger partial charge in [-0.25, -0.2) is 4.98 Å². The highest BCUT2D eigenvalue weighted by Gasteiger charge is 2.16. The zero-order chi connectivity index (χ0) is 14.0. The summed E-state index contributed by atoms with van der Waals surface area (Å²) in [7, 11) is 6.15. The van der Waals surface area contributed by atoms with Crippen molar-refractivity contribution in [3.05, 3.63) is 5.69 Å². The first kappa shape index (κ1) is 13.9. The lowest BCUT2D eigenvalue weighted by Crippen LogP contribution is -2.14. The lowest BCUT2D eigenvalue weighted by atomic mass is 10.3. The molecule has 0 aromatic carbocycles. The van der Waals surface area contributed by atoms with Crippen LogP contribution in [-0.4, -0.2) is 44.9 Å². The van der Waals surface area contributed by atoms with Crippen molar-refractivity contribution in [2.75, 3.05) is 26.4 Å². The predicted molar refractivity (Wildman–Crippen MR) is 78.1 cm³/mol. The Bertz CT molecular complexity index is 551. The number of nitrogen functional groups attached to an aromatic ring is 1. The zero-order valence-electron chi connectivity index (χ0n) is 12.3.